The Labute approximate surface area is 259 Å². The molecule has 0 radical (unpaired) electrons. The van der Waals surface area contributed by atoms with Gasteiger partial charge < -0.3 is 39.4 Å². The van der Waals surface area contributed by atoms with Crippen LogP contribution in [0, 0.1) is 16.7 Å². The standard InChI is InChI=1S/C32H38O13/c1-15-18(34)13-32-26(44-28(40)45-32)24-30(5,25(38)23(43-16(2)33)20(15)29(32,3)4)12-11-19(35)31(24,41)14-42-27(39)22(37)21(36)17-9-7-6-8-10-17/h6-10,19,21-24,26,35-37,41H,11-14H2,1-5H3/t19-,21+,22-,23+,24?,26-,30+,31-,32+/m0/s1. The minimum atomic E-state index is -2.52. The summed E-state index contributed by atoms with van der Waals surface area (Å²) in [5.74, 6) is -4.95. The summed E-state index contributed by atoms with van der Waals surface area (Å²) < 4.78 is 22.4. The molecule has 1 heterocycles. The molecule has 0 aromatic heterocycles. The summed E-state index contributed by atoms with van der Waals surface area (Å²) in [4.78, 5) is 66.4. The lowest BCUT2D eigenvalue weighted by molar-refractivity contribution is -0.246. The summed E-state index contributed by atoms with van der Waals surface area (Å²) in [6, 6.07) is 7.82. The number of carbonyl (C=O) groups excluding carboxylic acids is 5. The van der Waals surface area contributed by atoms with Crippen molar-refractivity contribution < 1.29 is 63.3 Å². The van der Waals surface area contributed by atoms with Gasteiger partial charge in [-0.3, -0.25) is 14.4 Å². The van der Waals surface area contributed by atoms with Crippen molar-refractivity contribution in [2.75, 3.05) is 6.61 Å². The van der Waals surface area contributed by atoms with E-state index in [0.29, 0.717) is 0 Å². The van der Waals surface area contributed by atoms with Crippen LogP contribution in [0.2, 0.25) is 0 Å². The Hall–Kier alpha value is -3.65. The van der Waals surface area contributed by atoms with E-state index < -0.39 is 101 Å². The van der Waals surface area contributed by atoms with Gasteiger partial charge in [-0.1, -0.05) is 51.1 Å². The number of ketones is 2. The lowest BCUT2D eigenvalue weighted by Crippen LogP contribution is -2.74. The number of fused-ring (bicyclic) bond motifs is 3. The molecule has 1 spiro atoms. The number of esters is 2. The Morgan fingerprint density at radius 1 is 1.09 bits per heavy atom. The summed E-state index contributed by atoms with van der Waals surface area (Å²) in [6.07, 6.45) is -10.4. The van der Waals surface area contributed by atoms with Crippen LogP contribution in [-0.2, 0) is 38.1 Å². The molecule has 3 fully saturated rings. The first kappa shape index (κ1) is 32.7. The molecule has 1 aromatic carbocycles. The highest BCUT2D eigenvalue weighted by molar-refractivity contribution is 6.03. The van der Waals surface area contributed by atoms with E-state index in [1.54, 1.807) is 32.0 Å². The Morgan fingerprint density at radius 3 is 2.36 bits per heavy atom. The van der Waals surface area contributed by atoms with Gasteiger partial charge >= 0.3 is 18.1 Å². The van der Waals surface area contributed by atoms with E-state index >= 15 is 0 Å². The Bertz CT molecular complexity index is 1470. The quantitative estimate of drug-likeness (QED) is 0.258. The van der Waals surface area contributed by atoms with E-state index in [2.05, 4.69) is 0 Å². The van der Waals surface area contributed by atoms with Crippen LogP contribution >= 0.6 is 0 Å². The molecule has 13 heteroatoms. The van der Waals surface area contributed by atoms with Gasteiger partial charge in [-0.05, 0) is 36.5 Å². The molecule has 13 nitrogen and oxygen atoms in total. The van der Waals surface area contributed by atoms with Crippen LogP contribution in [0.5, 0.6) is 0 Å². The van der Waals surface area contributed by atoms with Crippen molar-refractivity contribution in [2.45, 2.75) is 95.6 Å². The molecule has 4 N–H and O–H groups in total. The van der Waals surface area contributed by atoms with Crippen LogP contribution in [0.25, 0.3) is 0 Å². The molecule has 1 aliphatic heterocycles. The highest BCUT2D eigenvalue weighted by atomic mass is 16.8. The third-order valence-electron chi connectivity index (χ3n) is 10.4. The molecule has 1 saturated heterocycles. The zero-order valence-corrected chi connectivity index (χ0v) is 25.6. The number of allylic oxidation sites excluding steroid dienone is 1. The SMILES string of the molecule is CC(=O)O[C@H]1C(=O)[C@]2(C)CC[C@H](O)[C@@](O)(COC(=O)[C@@H](O)[C@H](O)c3ccccc3)C2[C@@H]2OC(=O)O[C@]23CC(=O)C(C)=C1C3(C)C. The molecule has 45 heavy (non-hydrogen) atoms. The number of carbonyl (C=O) groups is 5. The first-order valence-electron chi connectivity index (χ1n) is 14.8. The van der Waals surface area contributed by atoms with Crippen molar-refractivity contribution >= 4 is 29.7 Å². The molecule has 2 bridgehead atoms. The molecule has 0 amide bonds. The predicted octanol–water partition coefficient (Wildman–Crippen LogP) is 1.24. The highest BCUT2D eigenvalue weighted by Crippen LogP contribution is 2.63. The number of aliphatic hydroxyl groups is 4. The average Bonchev–Trinajstić information content (AvgIpc) is 3.31. The molecule has 1 unspecified atom stereocenters. The van der Waals surface area contributed by atoms with Crippen LogP contribution in [0.15, 0.2) is 41.5 Å². The maximum atomic E-state index is 14.6. The molecule has 2 saturated carbocycles. The summed E-state index contributed by atoms with van der Waals surface area (Å²) in [5, 5.41) is 44.7. The van der Waals surface area contributed by atoms with Crippen molar-refractivity contribution in [1.82, 2.24) is 0 Å². The summed E-state index contributed by atoms with van der Waals surface area (Å²) in [5.41, 5.74) is -6.91. The molecular formula is C32H38O13. The fourth-order valence-corrected chi connectivity index (χ4v) is 7.95. The second-order valence-electron chi connectivity index (χ2n) is 13.2. The lowest BCUT2D eigenvalue weighted by Gasteiger charge is -2.60. The van der Waals surface area contributed by atoms with E-state index in [-0.39, 0.29) is 29.6 Å². The molecule has 3 aliphatic carbocycles. The van der Waals surface area contributed by atoms with Crippen molar-refractivity contribution in [3.05, 3.63) is 47.0 Å². The number of hydrogen-bond acceptors (Lipinski definition) is 13. The number of benzene rings is 1. The Balaban J connectivity index is 1.62. The van der Waals surface area contributed by atoms with Gasteiger partial charge in [0.1, 0.15) is 18.3 Å². The third-order valence-corrected chi connectivity index (χ3v) is 10.4. The number of hydrogen-bond donors (Lipinski definition) is 4. The van der Waals surface area contributed by atoms with E-state index in [0.717, 1.165) is 6.92 Å². The first-order valence-corrected chi connectivity index (χ1v) is 14.8. The summed E-state index contributed by atoms with van der Waals surface area (Å²) >= 11 is 0. The second-order valence-corrected chi connectivity index (χ2v) is 13.2. The first-order chi connectivity index (χ1) is 20.9. The smallest absolute Gasteiger partial charge is 0.461 e. The molecule has 244 valence electrons. The summed E-state index contributed by atoms with van der Waals surface area (Å²) in [6.45, 7) is 6.29. The Morgan fingerprint density at radius 2 is 1.73 bits per heavy atom. The van der Waals surface area contributed by atoms with Crippen molar-refractivity contribution in [3.8, 4) is 0 Å². The Kier molecular flexibility index (Phi) is 8.01. The van der Waals surface area contributed by atoms with Gasteiger partial charge in [0, 0.05) is 23.7 Å². The van der Waals surface area contributed by atoms with Gasteiger partial charge in [-0.25, -0.2) is 9.59 Å². The number of rotatable bonds is 6. The summed E-state index contributed by atoms with van der Waals surface area (Å²) in [7, 11) is 0. The highest BCUT2D eigenvalue weighted by Gasteiger charge is 2.76. The zero-order valence-electron chi connectivity index (χ0n) is 25.6. The predicted molar refractivity (Wildman–Crippen MR) is 151 cm³/mol. The molecule has 1 aromatic rings. The van der Waals surface area contributed by atoms with Crippen LogP contribution < -0.4 is 0 Å². The number of Topliss-reactive ketones (excluding diaryl/α,β-unsaturated/α-hetero) is 2. The minimum Gasteiger partial charge on any atom is -0.461 e. The molecule has 4 aliphatic rings. The molecule has 5 rings (SSSR count). The van der Waals surface area contributed by atoms with Gasteiger partial charge in [0.25, 0.3) is 0 Å². The van der Waals surface area contributed by atoms with E-state index in [9.17, 15) is 44.4 Å². The van der Waals surface area contributed by atoms with E-state index in [4.69, 9.17) is 18.9 Å². The van der Waals surface area contributed by atoms with Gasteiger partial charge in [0.2, 0.25) is 0 Å². The third kappa shape index (κ3) is 4.79. The van der Waals surface area contributed by atoms with Crippen LogP contribution in [-0.4, -0.2) is 92.3 Å². The zero-order chi connectivity index (χ0) is 33.3. The van der Waals surface area contributed by atoms with Crippen molar-refractivity contribution in [1.29, 1.82) is 0 Å². The largest absolute Gasteiger partial charge is 0.509 e. The number of ether oxygens (including phenoxy) is 4. The van der Waals surface area contributed by atoms with Crippen molar-refractivity contribution in [2.24, 2.45) is 16.7 Å². The van der Waals surface area contributed by atoms with E-state index in [1.165, 1.54) is 26.0 Å². The fraction of sp³-hybridized carbons (Fsp3) is 0.594. The monoisotopic (exact) mass is 630 g/mol. The van der Waals surface area contributed by atoms with Crippen molar-refractivity contribution in [3.63, 3.8) is 0 Å². The van der Waals surface area contributed by atoms with Gasteiger partial charge in [0.05, 0.1) is 12.5 Å². The van der Waals surface area contributed by atoms with E-state index in [1.807, 2.05) is 0 Å². The minimum absolute atomic E-state index is 0.0775. The van der Waals surface area contributed by atoms with Crippen LogP contribution in [0.1, 0.15) is 65.5 Å². The lowest BCUT2D eigenvalue weighted by atomic mass is 9.46. The molecule has 9 atom stereocenters. The topological polar surface area (TPSA) is 203 Å². The maximum Gasteiger partial charge on any atom is 0.509 e. The normalized spacial score (nSPS) is 36.8. The van der Waals surface area contributed by atoms with Gasteiger partial charge in [-0.15, -0.1) is 0 Å². The van der Waals surface area contributed by atoms with Crippen LogP contribution in [0.4, 0.5) is 4.79 Å². The fourth-order valence-electron chi connectivity index (χ4n) is 7.95. The average molecular weight is 631 g/mol. The van der Waals surface area contributed by atoms with Gasteiger partial charge in [-0.2, -0.15) is 0 Å². The number of aliphatic hydroxyl groups excluding tert-OH is 3. The van der Waals surface area contributed by atoms with Gasteiger partial charge in [0.15, 0.2) is 35.5 Å². The maximum absolute atomic E-state index is 14.6. The second kappa shape index (κ2) is 11.0. The molecular weight excluding hydrogens is 592 g/mol. The van der Waals surface area contributed by atoms with Crippen LogP contribution in [0.3, 0.4) is 0 Å².